The van der Waals surface area contributed by atoms with Crippen LogP contribution in [0.2, 0.25) is 5.02 Å². The first-order valence-corrected chi connectivity index (χ1v) is 10.1. The third-order valence-corrected chi connectivity index (χ3v) is 5.63. The van der Waals surface area contributed by atoms with Crippen LogP contribution in [0.4, 0.5) is 10.1 Å². The Morgan fingerprint density at radius 1 is 1.38 bits per heavy atom. The molecule has 1 aliphatic heterocycles. The molecule has 1 unspecified atom stereocenters. The van der Waals surface area contributed by atoms with E-state index in [1.54, 1.807) is 37.3 Å². The van der Waals surface area contributed by atoms with Crippen LogP contribution in [0.1, 0.15) is 18.9 Å². The van der Waals surface area contributed by atoms with Gasteiger partial charge in [-0.1, -0.05) is 54.6 Å². The van der Waals surface area contributed by atoms with Crippen molar-refractivity contribution in [1.82, 2.24) is 0 Å². The molecule has 3 rings (SSSR count). The summed E-state index contributed by atoms with van der Waals surface area (Å²) in [5.74, 6) is -1.60. The standard InChI is InChI=1S/C20H15ClFNO4S2/c1-2-16(19(25)26)27-13-5-3-4-11(8-13)9-17-18(24)23(20(28)29-17)12-6-7-15(22)14(21)10-12/h3-10,16H,2H2,1H3,(H,25,26)/b17-9+. The van der Waals surface area contributed by atoms with Crippen LogP contribution in [0.3, 0.4) is 0 Å². The number of ether oxygens (including phenoxy) is 1. The molecule has 1 atom stereocenters. The Hall–Kier alpha value is -2.42. The van der Waals surface area contributed by atoms with Crippen LogP contribution >= 0.6 is 35.6 Å². The second kappa shape index (κ2) is 8.94. The van der Waals surface area contributed by atoms with Crippen molar-refractivity contribution < 1.29 is 23.8 Å². The number of benzene rings is 2. The fourth-order valence-corrected chi connectivity index (χ4v) is 4.09. The van der Waals surface area contributed by atoms with Crippen molar-refractivity contribution in [3.63, 3.8) is 0 Å². The minimum atomic E-state index is -1.04. The van der Waals surface area contributed by atoms with E-state index in [9.17, 15) is 14.0 Å². The first-order chi connectivity index (χ1) is 13.8. The molecule has 1 N–H and O–H groups in total. The molecule has 2 aromatic carbocycles. The van der Waals surface area contributed by atoms with Gasteiger partial charge in [-0.25, -0.2) is 9.18 Å². The van der Waals surface area contributed by atoms with E-state index >= 15 is 0 Å². The highest BCUT2D eigenvalue weighted by Gasteiger charge is 2.33. The lowest BCUT2D eigenvalue weighted by molar-refractivity contribution is -0.145. The number of carboxylic acid groups (broad SMARTS) is 1. The molecular weight excluding hydrogens is 437 g/mol. The normalized spacial score (nSPS) is 16.4. The zero-order valence-corrected chi connectivity index (χ0v) is 17.5. The van der Waals surface area contributed by atoms with E-state index in [1.165, 1.54) is 23.1 Å². The van der Waals surface area contributed by atoms with Gasteiger partial charge >= 0.3 is 5.97 Å². The minimum absolute atomic E-state index is 0.103. The summed E-state index contributed by atoms with van der Waals surface area (Å²) in [7, 11) is 0. The van der Waals surface area contributed by atoms with E-state index in [1.807, 2.05) is 0 Å². The van der Waals surface area contributed by atoms with Crippen molar-refractivity contribution in [1.29, 1.82) is 0 Å². The summed E-state index contributed by atoms with van der Waals surface area (Å²) < 4.78 is 19.2. The number of halogens is 2. The zero-order valence-electron chi connectivity index (χ0n) is 15.1. The van der Waals surface area contributed by atoms with Gasteiger partial charge in [-0.15, -0.1) is 0 Å². The largest absolute Gasteiger partial charge is 0.479 e. The van der Waals surface area contributed by atoms with Crippen LogP contribution in [0.15, 0.2) is 47.4 Å². The first-order valence-electron chi connectivity index (χ1n) is 8.52. The molecule has 150 valence electrons. The van der Waals surface area contributed by atoms with Gasteiger partial charge in [-0.2, -0.15) is 0 Å². The number of rotatable bonds is 6. The van der Waals surface area contributed by atoms with Crippen LogP contribution in [0, 0.1) is 5.82 Å². The molecule has 0 aromatic heterocycles. The molecule has 1 aliphatic rings. The minimum Gasteiger partial charge on any atom is -0.479 e. The van der Waals surface area contributed by atoms with Crippen molar-refractivity contribution in [2.24, 2.45) is 0 Å². The Balaban J connectivity index is 1.85. The Bertz CT molecular complexity index is 1030. The second-order valence-electron chi connectivity index (χ2n) is 6.04. The van der Waals surface area contributed by atoms with Crippen molar-refractivity contribution in [2.75, 3.05) is 4.90 Å². The van der Waals surface area contributed by atoms with E-state index in [-0.39, 0.29) is 10.9 Å². The van der Waals surface area contributed by atoms with E-state index in [4.69, 9.17) is 33.7 Å². The summed E-state index contributed by atoms with van der Waals surface area (Å²) in [5.41, 5.74) is 1.03. The average Bonchev–Trinajstić information content (AvgIpc) is 2.95. The van der Waals surface area contributed by atoms with Gasteiger partial charge in [0.1, 0.15) is 11.6 Å². The number of amides is 1. The van der Waals surface area contributed by atoms with Gasteiger partial charge < -0.3 is 9.84 Å². The Kier molecular flexibility index (Phi) is 6.56. The highest BCUT2D eigenvalue weighted by atomic mass is 35.5. The van der Waals surface area contributed by atoms with Crippen molar-refractivity contribution in [3.05, 3.63) is 63.8 Å². The SMILES string of the molecule is CCC(Oc1cccc(/C=C2/SC(=S)N(c3ccc(F)c(Cl)c3)C2=O)c1)C(=O)O. The molecular formula is C20H15ClFNO4S2. The fourth-order valence-electron chi connectivity index (χ4n) is 2.62. The molecule has 0 saturated carbocycles. The predicted octanol–water partition coefficient (Wildman–Crippen LogP) is 5.13. The van der Waals surface area contributed by atoms with E-state index in [0.29, 0.717) is 32.6 Å². The zero-order chi connectivity index (χ0) is 21.1. The van der Waals surface area contributed by atoms with Crippen LogP contribution in [0.5, 0.6) is 5.75 Å². The third-order valence-electron chi connectivity index (χ3n) is 4.04. The quantitative estimate of drug-likeness (QED) is 0.485. The number of carboxylic acids is 1. The molecule has 0 aliphatic carbocycles. The smallest absolute Gasteiger partial charge is 0.344 e. The molecule has 1 fully saturated rings. The number of thioether (sulfide) groups is 1. The average molecular weight is 452 g/mol. The fraction of sp³-hybridized carbons (Fsp3) is 0.150. The maximum absolute atomic E-state index is 13.4. The number of nitrogens with zero attached hydrogens (tertiary/aromatic N) is 1. The number of thiocarbonyl (C=S) groups is 1. The number of aliphatic carboxylic acids is 1. The summed E-state index contributed by atoms with van der Waals surface area (Å²) >= 11 is 12.2. The van der Waals surface area contributed by atoms with Gasteiger partial charge in [0.2, 0.25) is 0 Å². The molecule has 0 radical (unpaired) electrons. The van der Waals surface area contributed by atoms with Crippen LogP contribution in [0.25, 0.3) is 6.08 Å². The molecule has 1 saturated heterocycles. The molecule has 5 nitrogen and oxygen atoms in total. The van der Waals surface area contributed by atoms with Gasteiger partial charge in [0.05, 0.1) is 15.6 Å². The topological polar surface area (TPSA) is 66.8 Å². The second-order valence-corrected chi connectivity index (χ2v) is 8.12. The summed E-state index contributed by atoms with van der Waals surface area (Å²) in [6.45, 7) is 1.72. The Labute approximate surface area is 181 Å². The molecule has 1 amide bonds. The van der Waals surface area contributed by atoms with Gasteiger partial charge in [0, 0.05) is 0 Å². The highest BCUT2D eigenvalue weighted by Crippen LogP contribution is 2.37. The van der Waals surface area contributed by atoms with E-state index < -0.39 is 17.9 Å². The molecule has 29 heavy (non-hydrogen) atoms. The maximum Gasteiger partial charge on any atom is 0.344 e. The summed E-state index contributed by atoms with van der Waals surface area (Å²) in [4.78, 5) is 25.6. The van der Waals surface area contributed by atoms with Crippen molar-refractivity contribution in [2.45, 2.75) is 19.4 Å². The predicted molar refractivity (Wildman–Crippen MR) is 116 cm³/mol. The summed E-state index contributed by atoms with van der Waals surface area (Å²) in [5, 5.41) is 9.03. The number of carbonyl (C=O) groups is 2. The van der Waals surface area contributed by atoms with Crippen molar-refractivity contribution >= 4 is 63.5 Å². The molecule has 1 heterocycles. The van der Waals surface area contributed by atoms with Crippen LogP contribution in [-0.2, 0) is 9.59 Å². The first kappa shape index (κ1) is 21.3. The Morgan fingerprint density at radius 3 is 2.79 bits per heavy atom. The van der Waals surface area contributed by atoms with Crippen LogP contribution < -0.4 is 9.64 Å². The summed E-state index contributed by atoms with van der Waals surface area (Å²) in [6, 6.07) is 10.7. The lowest BCUT2D eigenvalue weighted by atomic mass is 10.2. The van der Waals surface area contributed by atoms with Gasteiger partial charge in [-0.05, 0) is 48.4 Å². The number of carbonyl (C=O) groups excluding carboxylic acids is 1. The van der Waals surface area contributed by atoms with Gasteiger partial charge in [-0.3, -0.25) is 9.69 Å². The molecule has 0 spiro atoms. The van der Waals surface area contributed by atoms with E-state index in [2.05, 4.69) is 0 Å². The van der Waals surface area contributed by atoms with Gasteiger partial charge in [0.15, 0.2) is 10.4 Å². The lowest BCUT2D eigenvalue weighted by Crippen LogP contribution is -2.27. The van der Waals surface area contributed by atoms with Crippen LogP contribution in [-0.4, -0.2) is 27.4 Å². The Morgan fingerprint density at radius 2 is 2.14 bits per heavy atom. The monoisotopic (exact) mass is 451 g/mol. The third kappa shape index (κ3) is 4.77. The summed E-state index contributed by atoms with van der Waals surface area (Å²) in [6.07, 6.45) is 1.00. The van der Waals surface area contributed by atoms with Gasteiger partial charge in [0.25, 0.3) is 5.91 Å². The molecule has 9 heteroatoms. The number of hydrogen-bond donors (Lipinski definition) is 1. The number of hydrogen-bond acceptors (Lipinski definition) is 5. The lowest BCUT2D eigenvalue weighted by Gasteiger charge is -2.15. The molecule has 2 aromatic rings. The van der Waals surface area contributed by atoms with Crippen molar-refractivity contribution in [3.8, 4) is 5.75 Å². The highest BCUT2D eigenvalue weighted by molar-refractivity contribution is 8.27. The maximum atomic E-state index is 13.4. The number of anilines is 1. The molecule has 0 bridgehead atoms. The van der Waals surface area contributed by atoms with E-state index in [0.717, 1.165) is 11.8 Å².